The first-order valence-corrected chi connectivity index (χ1v) is 11.1. The van der Waals surface area contributed by atoms with Gasteiger partial charge >= 0.3 is 0 Å². The second-order valence-electron chi connectivity index (χ2n) is 8.77. The van der Waals surface area contributed by atoms with Crippen molar-refractivity contribution in [3.05, 3.63) is 53.5 Å². The Morgan fingerprint density at radius 2 is 1.93 bits per heavy atom. The van der Waals surface area contributed by atoms with Crippen LogP contribution in [-0.2, 0) is 22.4 Å². The largest absolute Gasteiger partial charge is 0.459 e. The highest BCUT2D eigenvalue weighted by atomic mass is 16.5. The fraction of sp³-hybridized carbons (Fsp3) is 0.542. The van der Waals surface area contributed by atoms with Crippen LogP contribution in [0.4, 0.5) is 5.69 Å². The van der Waals surface area contributed by atoms with Crippen molar-refractivity contribution in [3.8, 4) is 0 Å². The van der Waals surface area contributed by atoms with Gasteiger partial charge in [0.1, 0.15) is 0 Å². The van der Waals surface area contributed by atoms with Crippen LogP contribution in [0.1, 0.15) is 47.9 Å². The highest BCUT2D eigenvalue weighted by Crippen LogP contribution is 2.34. The molecule has 0 bridgehead atoms. The number of furan rings is 1. The van der Waals surface area contributed by atoms with Gasteiger partial charge in [-0.25, -0.2) is 0 Å². The molecule has 1 aromatic heterocycles. The van der Waals surface area contributed by atoms with Crippen LogP contribution >= 0.6 is 0 Å². The topological polar surface area (TPSA) is 55.2 Å². The number of amides is 1. The smallest absolute Gasteiger partial charge is 0.289 e. The third-order valence-corrected chi connectivity index (χ3v) is 6.93. The number of para-hydroxylation sites is 1. The fourth-order valence-electron chi connectivity index (χ4n) is 5.08. The molecule has 2 fully saturated rings. The Morgan fingerprint density at radius 1 is 1.10 bits per heavy atom. The molecule has 1 atom stereocenters. The number of fused-ring (bicyclic) bond motifs is 1. The lowest BCUT2D eigenvalue weighted by Crippen LogP contribution is -2.40. The second-order valence-corrected chi connectivity index (χ2v) is 8.77. The summed E-state index contributed by atoms with van der Waals surface area (Å²) in [5, 5.41) is 0. The molecule has 4 heterocycles. The third kappa shape index (κ3) is 3.63. The van der Waals surface area contributed by atoms with Crippen LogP contribution in [-0.4, -0.2) is 55.4 Å². The van der Waals surface area contributed by atoms with Crippen molar-refractivity contribution in [2.75, 3.05) is 37.8 Å². The minimum atomic E-state index is -0.131. The van der Waals surface area contributed by atoms with Crippen LogP contribution in [0.15, 0.2) is 41.0 Å². The van der Waals surface area contributed by atoms with Crippen molar-refractivity contribution in [3.63, 3.8) is 0 Å². The van der Waals surface area contributed by atoms with E-state index >= 15 is 0 Å². The summed E-state index contributed by atoms with van der Waals surface area (Å²) in [4.78, 5) is 17.6. The summed E-state index contributed by atoms with van der Waals surface area (Å²) in [6, 6.07) is 10.9. The summed E-state index contributed by atoms with van der Waals surface area (Å²) in [5.74, 6) is 0.442. The minimum absolute atomic E-state index is 0.0251. The van der Waals surface area contributed by atoms with Crippen molar-refractivity contribution in [2.45, 2.75) is 50.8 Å². The van der Waals surface area contributed by atoms with Gasteiger partial charge in [0.15, 0.2) is 5.76 Å². The Morgan fingerprint density at radius 3 is 2.80 bits per heavy atom. The number of hydrogen-bond donors (Lipinski definition) is 0. The Kier molecular flexibility index (Phi) is 5.29. The molecule has 3 aliphatic rings. The molecule has 0 N–H and O–H groups in total. The molecule has 1 aromatic carbocycles. The molecule has 6 nitrogen and oxygen atoms in total. The summed E-state index contributed by atoms with van der Waals surface area (Å²) in [6.07, 6.45) is 5.35. The van der Waals surface area contributed by atoms with Crippen molar-refractivity contribution in [1.82, 2.24) is 4.90 Å². The van der Waals surface area contributed by atoms with Crippen molar-refractivity contribution in [1.29, 1.82) is 0 Å². The van der Waals surface area contributed by atoms with Crippen LogP contribution in [0, 0.1) is 0 Å². The average molecular weight is 411 g/mol. The normalized spacial score (nSPS) is 23.4. The van der Waals surface area contributed by atoms with Gasteiger partial charge in [-0.2, -0.15) is 0 Å². The molecule has 0 radical (unpaired) electrons. The van der Waals surface area contributed by atoms with E-state index in [9.17, 15) is 4.79 Å². The number of nitrogens with zero attached hydrogens (tertiary/aromatic N) is 2. The predicted molar refractivity (Wildman–Crippen MR) is 114 cm³/mol. The van der Waals surface area contributed by atoms with E-state index < -0.39 is 0 Å². The Labute approximate surface area is 177 Å². The van der Waals surface area contributed by atoms with Gasteiger partial charge in [-0.1, -0.05) is 18.2 Å². The van der Waals surface area contributed by atoms with Crippen LogP contribution in [0.3, 0.4) is 0 Å². The number of anilines is 1. The Balaban J connectivity index is 1.30. The minimum Gasteiger partial charge on any atom is -0.459 e. The van der Waals surface area contributed by atoms with Gasteiger partial charge in [0.2, 0.25) is 0 Å². The van der Waals surface area contributed by atoms with Gasteiger partial charge in [-0.15, -0.1) is 0 Å². The number of carbonyl (C=O) groups is 1. The molecular formula is C24H30N2O4. The first kappa shape index (κ1) is 19.6. The molecule has 0 saturated carbocycles. The molecule has 2 saturated heterocycles. The molecule has 160 valence electrons. The summed E-state index contributed by atoms with van der Waals surface area (Å²) in [7, 11) is 0. The molecule has 2 aromatic rings. The van der Waals surface area contributed by atoms with Gasteiger partial charge in [-0.05, 0) is 50.3 Å². The zero-order valence-corrected chi connectivity index (χ0v) is 17.6. The average Bonchev–Trinajstić information content (AvgIpc) is 3.29. The summed E-state index contributed by atoms with van der Waals surface area (Å²) in [5.41, 5.74) is 3.45. The van der Waals surface area contributed by atoms with E-state index in [2.05, 4.69) is 36.1 Å². The molecule has 1 amide bonds. The first-order valence-electron chi connectivity index (χ1n) is 11.1. The van der Waals surface area contributed by atoms with Crippen molar-refractivity contribution >= 4 is 11.6 Å². The van der Waals surface area contributed by atoms with Gasteiger partial charge in [0.25, 0.3) is 5.91 Å². The fourth-order valence-corrected chi connectivity index (χ4v) is 5.08. The second kappa shape index (κ2) is 8.08. The van der Waals surface area contributed by atoms with Crippen LogP contribution in [0.25, 0.3) is 0 Å². The Bertz CT molecular complexity index is 902. The predicted octanol–water partition coefficient (Wildman–Crippen LogP) is 3.64. The zero-order chi connectivity index (χ0) is 20.6. The monoisotopic (exact) mass is 410 g/mol. The molecule has 3 aliphatic heterocycles. The third-order valence-electron chi connectivity index (χ3n) is 6.93. The van der Waals surface area contributed by atoms with E-state index in [4.69, 9.17) is 13.9 Å². The van der Waals surface area contributed by atoms with E-state index in [1.807, 2.05) is 11.0 Å². The standard InChI is InChI=1S/C24H30N2O4/c1-18-16-19-4-2-3-5-21(19)26(18)17-20-6-12-29-22(20)23(27)25-10-7-24(30-15-11-25)8-13-28-14-9-24/h2-6,12,18H,7-11,13-17H2,1H3. The molecule has 1 unspecified atom stereocenters. The van der Waals surface area contributed by atoms with E-state index in [-0.39, 0.29) is 11.5 Å². The molecule has 30 heavy (non-hydrogen) atoms. The number of benzene rings is 1. The van der Waals surface area contributed by atoms with Crippen molar-refractivity contribution < 1.29 is 18.7 Å². The van der Waals surface area contributed by atoms with Gasteiger partial charge in [0, 0.05) is 50.1 Å². The first-order chi connectivity index (χ1) is 14.7. The van der Waals surface area contributed by atoms with E-state index in [0.717, 1.165) is 44.5 Å². The highest BCUT2D eigenvalue weighted by molar-refractivity contribution is 5.93. The molecule has 1 spiro atoms. The van der Waals surface area contributed by atoms with Crippen LogP contribution in [0.5, 0.6) is 0 Å². The number of ether oxygens (including phenoxy) is 2. The van der Waals surface area contributed by atoms with E-state index in [0.29, 0.717) is 38.0 Å². The lowest BCUT2D eigenvalue weighted by Gasteiger charge is -2.35. The zero-order valence-electron chi connectivity index (χ0n) is 17.6. The summed E-state index contributed by atoms with van der Waals surface area (Å²) < 4.78 is 17.4. The van der Waals surface area contributed by atoms with Gasteiger partial charge in [-0.3, -0.25) is 4.79 Å². The molecule has 5 rings (SSSR count). The maximum absolute atomic E-state index is 13.3. The maximum atomic E-state index is 13.3. The number of rotatable bonds is 3. The van der Waals surface area contributed by atoms with Gasteiger partial charge in [0.05, 0.1) is 18.5 Å². The maximum Gasteiger partial charge on any atom is 0.289 e. The van der Waals surface area contributed by atoms with Crippen molar-refractivity contribution in [2.24, 2.45) is 0 Å². The van der Waals surface area contributed by atoms with E-state index in [1.54, 1.807) is 6.26 Å². The summed E-state index contributed by atoms with van der Waals surface area (Å²) in [6.45, 7) is 6.27. The van der Waals surface area contributed by atoms with Gasteiger partial charge < -0.3 is 23.7 Å². The molecular weight excluding hydrogens is 380 g/mol. The number of hydrogen-bond acceptors (Lipinski definition) is 5. The Hall–Kier alpha value is -2.31. The van der Waals surface area contributed by atoms with Crippen LogP contribution in [0.2, 0.25) is 0 Å². The molecule has 6 heteroatoms. The lowest BCUT2D eigenvalue weighted by atomic mass is 9.90. The lowest BCUT2D eigenvalue weighted by molar-refractivity contribution is -0.105. The molecule has 0 aliphatic carbocycles. The quantitative estimate of drug-likeness (QED) is 0.773. The SMILES string of the molecule is CC1Cc2ccccc2N1Cc1ccoc1C(=O)N1CCOC2(CCOCC2)CC1. The van der Waals surface area contributed by atoms with E-state index in [1.165, 1.54) is 11.3 Å². The highest BCUT2D eigenvalue weighted by Gasteiger charge is 2.37. The summed E-state index contributed by atoms with van der Waals surface area (Å²) >= 11 is 0. The number of carbonyl (C=O) groups excluding carboxylic acids is 1. The van der Waals surface area contributed by atoms with Crippen LogP contribution < -0.4 is 4.90 Å².